The van der Waals surface area contributed by atoms with E-state index in [0.29, 0.717) is 11.8 Å². The quantitative estimate of drug-likeness (QED) is 0.768. The standard InChI is InChI=1S/C15H28O3/c1-2-3-4-5-12-10-17-15(18-11-12)13-6-8-14(16)9-7-13/h12-16H,2-11H2,1H3. The first-order valence-corrected chi connectivity index (χ1v) is 7.71. The molecule has 1 N–H and O–H groups in total. The maximum atomic E-state index is 9.51. The Balaban J connectivity index is 1.63. The van der Waals surface area contributed by atoms with Crippen molar-refractivity contribution in [2.75, 3.05) is 13.2 Å². The van der Waals surface area contributed by atoms with E-state index >= 15 is 0 Å². The first kappa shape index (κ1) is 14.3. The Morgan fingerprint density at radius 2 is 1.67 bits per heavy atom. The number of hydrogen-bond acceptors (Lipinski definition) is 3. The summed E-state index contributed by atoms with van der Waals surface area (Å²) in [5.74, 6) is 1.10. The van der Waals surface area contributed by atoms with Crippen LogP contribution < -0.4 is 0 Å². The highest BCUT2D eigenvalue weighted by Crippen LogP contribution is 2.31. The summed E-state index contributed by atoms with van der Waals surface area (Å²) in [6.45, 7) is 3.97. The Kier molecular flexibility index (Phi) is 5.93. The highest BCUT2D eigenvalue weighted by atomic mass is 16.7. The van der Waals surface area contributed by atoms with Crippen molar-refractivity contribution in [2.45, 2.75) is 70.7 Å². The zero-order chi connectivity index (χ0) is 12.8. The Bertz CT molecular complexity index is 216. The molecule has 1 heterocycles. The van der Waals surface area contributed by atoms with Gasteiger partial charge in [0.15, 0.2) is 6.29 Å². The molecule has 106 valence electrons. The van der Waals surface area contributed by atoms with Crippen molar-refractivity contribution in [3.05, 3.63) is 0 Å². The Labute approximate surface area is 111 Å². The fourth-order valence-corrected chi connectivity index (χ4v) is 3.05. The van der Waals surface area contributed by atoms with E-state index < -0.39 is 0 Å². The van der Waals surface area contributed by atoms with Crippen molar-refractivity contribution in [1.29, 1.82) is 0 Å². The van der Waals surface area contributed by atoms with Crippen molar-refractivity contribution < 1.29 is 14.6 Å². The second kappa shape index (κ2) is 7.46. The van der Waals surface area contributed by atoms with Crippen LogP contribution in [0.25, 0.3) is 0 Å². The summed E-state index contributed by atoms with van der Waals surface area (Å²) in [4.78, 5) is 0. The third-order valence-corrected chi connectivity index (χ3v) is 4.33. The molecule has 1 aliphatic carbocycles. The minimum Gasteiger partial charge on any atom is -0.393 e. The molecule has 0 aromatic carbocycles. The molecular weight excluding hydrogens is 228 g/mol. The summed E-state index contributed by atoms with van der Waals surface area (Å²) < 4.78 is 11.8. The predicted octanol–water partition coefficient (Wildman–Crippen LogP) is 3.11. The first-order valence-electron chi connectivity index (χ1n) is 7.71. The third kappa shape index (κ3) is 4.22. The summed E-state index contributed by atoms with van der Waals surface area (Å²) in [6.07, 6.45) is 8.96. The maximum absolute atomic E-state index is 9.51. The summed E-state index contributed by atoms with van der Waals surface area (Å²) in [6, 6.07) is 0. The molecule has 2 fully saturated rings. The van der Waals surface area contributed by atoms with E-state index in [1.807, 2.05) is 0 Å². The van der Waals surface area contributed by atoms with E-state index in [2.05, 4.69) is 6.92 Å². The number of aliphatic hydroxyl groups is 1. The Hall–Kier alpha value is -0.120. The second-order valence-corrected chi connectivity index (χ2v) is 5.97. The largest absolute Gasteiger partial charge is 0.393 e. The van der Waals surface area contributed by atoms with Gasteiger partial charge >= 0.3 is 0 Å². The molecule has 2 rings (SSSR count). The van der Waals surface area contributed by atoms with Gasteiger partial charge in [-0.25, -0.2) is 0 Å². The summed E-state index contributed by atoms with van der Waals surface area (Å²) in [7, 11) is 0. The summed E-state index contributed by atoms with van der Waals surface area (Å²) >= 11 is 0. The van der Waals surface area contributed by atoms with E-state index in [1.165, 1.54) is 25.7 Å². The molecule has 1 saturated heterocycles. The van der Waals surface area contributed by atoms with Crippen LogP contribution in [0, 0.1) is 11.8 Å². The number of aliphatic hydroxyl groups excluding tert-OH is 1. The SMILES string of the molecule is CCCCCC1COC(C2CCC(O)CC2)OC1. The number of unbranched alkanes of at least 4 members (excludes halogenated alkanes) is 2. The number of ether oxygens (including phenoxy) is 2. The van der Waals surface area contributed by atoms with Crippen LogP contribution in [0.2, 0.25) is 0 Å². The maximum Gasteiger partial charge on any atom is 0.160 e. The molecule has 0 spiro atoms. The molecule has 0 atom stereocenters. The highest BCUT2D eigenvalue weighted by molar-refractivity contribution is 4.76. The van der Waals surface area contributed by atoms with E-state index in [4.69, 9.17) is 9.47 Å². The topological polar surface area (TPSA) is 38.7 Å². The van der Waals surface area contributed by atoms with Gasteiger partial charge in [-0.3, -0.25) is 0 Å². The molecule has 1 aliphatic heterocycles. The molecular formula is C15H28O3. The normalized spacial score (nSPS) is 37.7. The average Bonchev–Trinajstić information content (AvgIpc) is 2.41. The van der Waals surface area contributed by atoms with E-state index in [0.717, 1.165) is 38.9 Å². The van der Waals surface area contributed by atoms with Gasteiger partial charge in [0.1, 0.15) is 0 Å². The van der Waals surface area contributed by atoms with Crippen LogP contribution in [0.1, 0.15) is 58.3 Å². The molecule has 18 heavy (non-hydrogen) atoms. The minimum atomic E-state index is -0.0911. The van der Waals surface area contributed by atoms with Gasteiger partial charge in [-0.05, 0) is 32.1 Å². The fourth-order valence-electron chi connectivity index (χ4n) is 3.05. The van der Waals surface area contributed by atoms with Crippen LogP contribution in [-0.2, 0) is 9.47 Å². The van der Waals surface area contributed by atoms with Gasteiger partial charge in [-0.2, -0.15) is 0 Å². The average molecular weight is 256 g/mol. The smallest absolute Gasteiger partial charge is 0.160 e. The monoisotopic (exact) mass is 256 g/mol. The molecule has 0 radical (unpaired) electrons. The zero-order valence-corrected chi connectivity index (χ0v) is 11.6. The van der Waals surface area contributed by atoms with Crippen molar-refractivity contribution in [2.24, 2.45) is 11.8 Å². The summed E-state index contributed by atoms with van der Waals surface area (Å²) in [5, 5.41) is 9.51. The second-order valence-electron chi connectivity index (χ2n) is 5.97. The van der Waals surface area contributed by atoms with Gasteiger partial charge in [-0.15, -0.1) is 0 Å². The molecule has 0 bridgehead atoms. The molecule has 0 unspecified atom stereocenters. The third-order valence-electron chi connectivity index (χ3n) is 4.33. The molecule has 1 saturated carbocycles. The van der Waals surface area contributed by atoms with Gasteiger partial charge in [0.05, 0.1) is 19.3 Å². The van der Waals surface area contributed by atoms with Gasteiger partial charge in [-0.1, -0.05) is 26.2 Å². The van der Waals surface area contributed by atoms with Crippen molar-refractivity contribution in [3.63, 3.8) is 0 Å². The van der Waals surface area contributed by atoms with Crippen LogP contribution in [0.15, 0.2) is 0 Å². The van der Waals surface area contributed by atoms with Gasteiger partial charge in [0.25, 0.3) is 0 Å². The summed E-state index contributed by atoms with van der Waals surface area (Å²) in [5.41, 5.74) is 0. The van der Waals surface area contributed by atoms with E-state index in [-0.39, 0.29) is 12.4 Å². The lowest BCUT2D eigenvalue weighted by Gasteiger charge is -2.36. The Morgan fingerprint density at radius 1 is 1.00 bits per heavy atom. The van der Waals surface area contributed by atoms with Crippen LogP contribution in [-0.4, -0.2) is 30.7 Å². The zero-order valence-electron chi connectivity index (χ0n) is 11.6. The minimum absolute atomic E-state index is 0.0000693. The van der Waals surface area contributed by atoms with Crippen LogP contribution in [0.5, 0.6) is 0 Å². The number of hydrogen-bond donors (Lipinski definition) is 1. The van der Waals surface area contributed by atoms with Gasteiger partial charge < -0.3 is 14.6 Å². The van der Waals surface area contributed by atoms with Crippen LogP contribution in [0.4, 0.5) is 0 Å². The van der Waals surface area contributed by atoms with Crippen molar-refractivity contribution in [1.82, 2.24) is 0 Å². The number of rotatable bonds is 5. The molecule has 2 aliphatic rings. The molecule has 0 amide bonds. The molecule has 0 aromatic rings. The molecule has 0 aromatic heterocycles. The van der Waals surface area contributed by atoms with Crippen LogP contribution >= 0.6 is 0 Å². The van der Waals surface area contributed by atoms with Crippen molar-refractivity contribution >= 4 is 0 Å². The van der Waals surface area contributed by atoms with E-state index in [9.17, 15) is 5.11 Å². The van der Waals surface area contributed by atoms with Crippen LogP contribution in [0.3, 0.4) is 0 Å². The van der Waals surface area contributed by atoms with E-state index in [1.54, 1.807) is 0 Å². The lowest BCUT2D eigenvalue weighted by molar-refractivity contribution is -0.230. The Morgan fingerprint density at radius 3 is 2.28 bits per heavy atom. The fraction of sp³-hybridized carbons (Fsp3) is 1.00. The van der Waals surface area contributed by atoms with Crippen molar-refractivity contribution in [3.8, 4) is 0 Å². The van der Waals surface area contributed by atoms with Gasteiger partial charge in [0, 0.05) is 11.8 Å². The van der Waals surface area contributed by atoms with Gasteiger partial charge in [0.2, 0.25) is 0 Å². The predicted molar refractivity (Wildman–Crippen MR) is 71.3 cm³/mol. The lowest BCUT2D eigenvalue weighted by Crippen LogP contribution is -2.39. The highest BCUT2D eigenvalue weighted by Gasteiger charge is 2.31. The first-order chi connectivity index (χ1) is 8.79. The molecule has 3 nitrogen and oxygen atoms in total. The molecule has 3 heteroatoms. The lowest BCUT2D eigenvalue weighted by atomic mass is 9.86.